The van der Waals surface area contributed by atoms with Gasteiger partial charge in [0.25, 0.3) is 0 Å². The van der Waals surface area contributed by atoms with Crippen LogP contribution in [0.4, 0.5) is 0 Å². The Morgan fingerprint density at radius 1 is 1.00 bits per heavy atom. The number of hydrogen-bond donors (Lipinski definition) is 1. The zero-order chi connectivity index (χ0) is 28.7. The van der Waals surface area contributed by atoms with Crippen LogP contribution in [0.25, 0.3) is 33.1 Å². The van der Waals surface area contributed by atoms with Crippen molar-refractivity contribution in [3.05, 3.63) is 77.8 Å². The zero-order valence-corrected chi connectivity index (χ0v) is 27.6. The van der Waals surface area contributed by atoms with Crippen LogP contribution in [0.3, 0.4) is 0 Å². The first-order valence-electron chi connectivity index (χ1n) is 14.3. The molecule has 40 heavy (non-hydrogen) atoms. The standard InChI is InChI=1S/C22H20NO.C13H24O2.Ir/c1-14-13-24-20-10-9-19(23-21(14)20)16-11-15-7-5-6-8-17(15)18(12-16)22(2,3)4;1-5-10(6-2)12(14)9-13(15)11(7-3)8-4;/h5-10,12-13H,1-4H3;9-11,14H,5-8H2,1-4H3;/q-1;;/b;12-9-;. The average molecular weight is 719 g/mol. The summed E-state index contributed by atoms with van der Waals surface area (Å²) in [5.74, 6) is 0.547. The molecule has 1 radical (unpaired) electrons. The summed E-state index contributed by atoms with van der Waals surface area (Å²) in [6.45, 7) is 16.8. The van der Waals surface area contributed by atoms with Gasteiger partial charge in [0.2, 0.25) is 0 Å². The number of benzene rings is 2. The number of carbonyl (C=O) groups excluding carboxylic acids is 1. The van der Waals surface area contributed by atoms with E-state index in [1.165, 1.54) is 17.0 Å². The first-order chi connectivity index (χ1) is 18.5. The number of pyridine rings is 1. The molecule has 0 aliphatic heterocycles. The fourth-order valence-corrected chi connectivity index (χ4v) is 4.95. The Morgan fingerprint density at radius 3 is 2.23 bits per heavy atom. The number of hydrogen-bond acceptors (Lipinski definition) is 4. The summed E-state index contributed by atoms with van der Waals surface area (Å²) in [7, 11) is 0. The molecule has 0 saturated heterocycles. The van der Waals surface area contributed by atoms with Crippen molar-refractivity contribution in [2.24, 2.45) is 11.8 Å². The van der Waals surface area contributed by atoms with Crippen molar-refractivity contribution in [3.63, 3.8) is 0 Å². The second-order valence-electron chi connectivity index (χ2n) is 11.4. The van der Waals surface area contributed by atoms with Gasteiger partial charge in [0.15, 0.2) is 11.4 Å². The van der Waals surface area contributed by atoms with E-state index in [1.807, 2.05) is 46.8 Å². The summed E-state index contributed by atoms with van der Waals surface area (Å²) in [5, 5.41) is 12.1. The fourth-order valence-electron chi connectivity index (χ4n) is 4.95. The Balaban J connectivity index is 0.000000307. The van der Waals surface area contributed by atoms with E-state index in [1.54, 1.807) is 6.26 Å². The molecular formula is C35H44IrNO3-. The quantitative estimate of drug-likeness (QED) is 0.112. The molecule has 5 heteroatoms. The number of aromatic nitrogens is 1. The molecule has 4 nitrogen and oxygen atoms in total. The fraction of sp³-hybridized carbons (Fsp3) is 0.429. The summed E-state index contributed by atoms with van der Waals surface area (Å²) < 4.78 is 5.52. The molecule has 0 aliphatic carbocycles. The van der Waals surface area contributed by atoms with E-state index < -0.39 is 0 Å². The van der Waals surface area contributed by atoms with Crippen molar-refractivity contribution in [2.45, 2.75) is 86.5 Å². The Kier molecular flexibility index (Phi) is 12.3. The number of aliphatic hydroxyl groups is 1. The van der Waals surface area contributed by atoms with Crippen LogP contribution in [0, 0.1) is 24.8 Å². The van der Waals surface area contributed by atoms with Gasteiger partial charge in [-0.2, -0.15) is 0 Å². The number of aryl methyl sites for hydroxylation is 1. The van der Waals surface area contributed by atoms with Crippen LogP contribution < -0.4 is 0 Å². The third kappa shape index (κ3) is 7.92. The van der Waals surface area contributed by atoms with E-state index in [9.17, 15) is 9.90 Å². The van der Waals surface area contributed by atoms with Crippen molar-refractivity contribution in [1.82, 2.24) is 4.98 Å². The van der Waals surface area contributed by atoms with Crippen LogP contribution in [-0.4, -0.2) is 15.9 Å². The number of ketones is 1. The zero-order valence-electron chi connectivity index (χ0n) is 25.2. The molecule has 2 heterocycles. The first kappa shape index (κ1) is 33.5. The minimum absolute atomic E-state index is 0. The third-order valence-electron chi connectivity index (χ3n) is 7.54. The maximum Gasteiger partial charge on any atom is 0.162 e. The van der Waals surface area contributed by atoms with Gasteiger partial charge in [-0.25, -0.2) is 0 Å². The van der Waals surface area contributed by atoms with Crippen molar-refractivity contribution in [1.29, 1.82) is 0 Å². The van der Waals surface area contributed by atoms with E-state index in [-0.39, 0.29) is 48.9 Å². The van der Waals surface area contributed by atoms with Gasteiger partial charge in [0, 0.05) is 49.3 Å². The van der Waals surface area contributed by atoms with Crippen LogP contribution in [0.2, 0.25) is 0 Å². The summed E-state index contributed by atoms with van der Waals surface area (Å²) in [4.78, 5) is 16.5. The molecule has 2 aromatic carbocycles. The smallest absolute Gasteiger partial charge is 0.162 e. The molecule has 0 saturated carbocycles. The van der Waals surface area contributed by atoms with E-state index in [0.29, 0.717) is 0 Å². The minimum atomic E-state index is 0. The molecule has 0 unspecified atom stereocenters. The molecule has 2 aromatic heterocycles. The summed E-state index contributed by atoms with van der Waals surface area (Å²) >= 11 is 0. The number of furan rings is 1. The number of nitrogens with zero attached hydrogens (tertiary/aromatic N) is 1. The van der Waals surface area contributed by atoms with Gasteiger partial charge >= 0.3 is 0 Å². The van der Waals surface area contributed by atoms with Gasteiger partial charge < -0.3 is 9.52 Å². The second-order valence-corrected chi connectivity index (χ2v) is 11.4. The van der Waals surface area contributed by atoms with Crippen LogP contribution in [-0.2, 0) is 30.3 Å². The van der Waals surface area contributed by atoms with Gasteiger partial charge in [-0.1, -0.05) is 83.7 Å². The Morgan fingerprint density at radius 2 is 1.62 bits per heavy atom. The van der Waals surface area contributed by atoms with Gasteiger partial charge in [-0.3, -0.25) is 9.78 Å². The average Bonchev–Trinajstić information content (AvgIpc) is 3.29. The van der Waals surface area contributed by atoms with E-state index in [2.05, 4.69) is 57.2 Å². The van der Waals surface area contributed by atoms with Crippen molar-refractivity contribution in [3.8, 4) is 11.3 Å². The van der Waals surface area contributed by atoms with Crippen molar-refractivity contribution < 1.29 is 34.4 Å². The molecule has 0 fully saturated rings. The predicted molar refractivity (Wildman–Crippen MR) is 163 cm³/mol. The Hall–Kier alpha value is -2.75. The topological polar surface area (TPSA) is 63.3 Å². The Labute approximate surface area is 253 Å². The maximum absolute atomic E-state index is 11.7. The first-order valence-corrected chi connectivity index (χ1v) is 14.3. The molecule has 4 rings (SSSR count). The molecule has 1 N–H and O–H groups in total. The van der Waals surface area contributed by atoms with Crippen LogP contribution in [0.15, 0.2) is 65.0 Å². The van der Waals surface area contributed by atoms with Crippen LogP contribution >= 0.6 is 0 Å². The molecule has 217 valence electrons. The van der Waals surface area contributed by atoms with Crippen LogP contribution in [0.1, 0.15) is 85.3 Å². The number of carbonyl (C=O) groups is 1. The molecule has 4 aromatic rings. The summed E-state index contributed by atoms with van der Waals surface area (Å²) in [6.07, 6.45) is 6.66. The van der Waals surface area contributed by atoms with Crippen LogP contribution in [0.5, 0.6) is 0 Å². The monoisotopic (exact) mass is 719 g/mol. The molecule has 0 amide bonds. The van der Waals surface area contributed by atoms with Crippen molar-refractivity contribution in [2.75, 3.05) is 0 Å². The molecule has 0 atom stereocenters. The molecule has 0 spiro atoms. The number of aliphatic hydroxyl groups excluding tert-OH is 1. The summed E-state index contributed by atoms with van der Waals surface area (Å²) in [6, 6.07) is 18.2. The second kappa shape index (κ2) is 14.8. The van der Waals surface area contributed by atoms with Gasteiger partial charge in [-0.15, -0.1) is 29.1 Å². The maximum atomic E-state index is 11.7. The van der Waals surface area contributed by atoms with E-state index >= 15 is 0 Å². The number of rotatable bonds is 8. The number of allylic oxidation sites excluding steroid dienone is 2. The third-order valence-corrected chi connectivity index (χ3v) is 7.54. The Bertz CT molecular complexity index is 1440. The summed E-state index contributed by atoms with van der Waals surface area (Å²) in [5.41, 5.74) is 6.14. The molecular weight excluding hydrogens is 675 g/mol. The molecule has 0 bridgehead atoms. The van der Waals surface area contributed by atoms with E-state index in [4.69, 9.17) is 9.40 Å². The number of fused-ring (bicyclic) bond motifs is 2. The van der Waals surface area contributed by atoms with Gasteiger partial charge in [0.05, 0.1) is 12.0 Å². The van der Waals surface area contributed by atoms with E-state index in [0.717, 1.165) is 59.0 Å². The molecule has 0 aliphatic rings. The minimum Gasteiger partial charge on any atom is -0.512 e. The van der Waals surface area contributed by atoms with Gasteiger partial charge in [-0.05, 0) is 44.1 Å². The van der Waals surface area contributed by atoms with Crippen molar-refractivity contribution >= 4 is 27.7 Å². The predicted octanol–water partition coefficient (Wildman–Crippen LogP) is 9.92. The largest absolute Gasteiger partial charge is 0.512 e. The van der Waals surface area contributed by atoms with Gasteiger partial charge in [0.1, 0.15) is 5.52 Å². The SMILES string of the molecule is CCC(CC)C(=O)/C=C(\O)C(CC)CC.Cc1coc2ccc(-c3[c-]c4ccccc4c(C(C)(C)C)c3)nc12.[Ir]. The normalized spacial score (nSPS) is 12.0.